The Morgan fingerprint density at radius 3 is 2.38 bits per heavy atom. The Balaban J connectivity index is 0.956. The Bertz CT molecular complexity index is 1900. The van der Waals surface area contributed by atoms with Crippen molar-refractivity contribution in [1.82, 2.24) is 29.8 Å². The summed E-state index contributed by atoms with van der Waals surface area (Å²) in [6.45, 7) is 3.44. The van der Waals surface area contributed by atoms with Crippen molar-refractivity contribution in [3.63, 3.8) is 0 Å². The van der Waals surface area contributed by atoms with Crippen LogP contribution < -0.4 is 15.8 Å². The van der Waals surface area contributed by atoms with Crippen molar-refractivity contribution < 1.29 is 19.2 Å². The fourth-order valence-corrected chi connectivity index (χ4v) is 8.74. The second kappa shape index (κ2) is 13.7. The minimum Gasteiger partial charge on any atom is -0.368 e. The van der Waals surface area contributed by atoms with Gasteiger partial charge in [0, 0.05) is 70.4 Å². The fourth-order valence-electron chi connectivity index (χ4n) is 8.10. The third-order valence-corrected chi connectivity index (χ3v) is 11.8. The van der Waals surface area contributed by atoms with Gasteiger partial charge in [-0.2, -0.15) is 5.10 Å². The number of likely N-dealkylation sites (tertiary alicyclic amines) is 2. The molecule has 262 valence electrons. The number of rotatable bonds is 6. The van der Waals surface area contributed by atoms with E-state index in [2.05, 4.69) is 61.4 Å². The summed E-state index contributed by atoms with van der Waals surface area (Å²) in [7, 11) is 5.76. The Morgan fingerprint density at radius 2 is 1.66 bits per heavy atom. The molecule has 1 aromatic heterocycles. The Kier molecular flexibility index (Phi) is 9.38. The molecule has 0 aliphatic carbocycles. The van der Waals surface area contributed by atoms with E-state index in [0.717, 1.165) is 49.2 Å². The fraction of sp³-hybridized carbons (Fsp3) is 0.459. The van der Waals surface area contributed by atoms with Gasteiger partial charge < -0.3 is 19.6 Å². The number of benzene rings is 2. The van der Waals surface area contributed by atoms with Crippen LogP contribution >= 0.6 is 15.9 Å². The van der Waals surface area contributed by atoms with Gasteiger partial charge in [0.2, 0.25) is 11.8 Å². The molecule has 3 saturated heterocycles. The molecule has 3 fully saturated rings. The maximum atomic E-state index is 13.6. The molecular weight excluding hydrogens is 702 g/mol. The Labute approximate surface area is 299 Å². The van der Waals surface area contributed by atoms with Gasteiger partial charge in [0.05, 0.1) is 11.9 Å². The van der Waals surface area contributed by atoms with Crippen LogP contribution in [-0.4, -0.2) is 100 Å². The molecule has 0 saturated carbocycles. The van der Waals surface area contributed by atoms with Crippen molar-refractivity contribution in [1.29, 1.82) is 0 Å². The summed E-state index contributed by atoms with van der Waals surface area (Å²) in [5.74, 6) is -0.277. The number of nitrogens with zero attached hydrogens (tertiary/aromatic N) is 6. The third kappa shape index (κ3) is 6.48. The number of nitrogens with one attached hydrogen (secondary N) is 1. The van der Waals surface area contributed by atoms with E-state index in [4.69, 9.17) is 0 Å². The van der Waals surface area contributed by atoms with E-state index >= 15 is 0 Å². The van der Waals surface area contributed by atoms with E-state index in [9.17, 15) is 24.0 Å². The van der Waals surface area contributed by atoms with E-state index in [-0.39, 0.29) is 47.6 Å². The molecule has 1 unspecified atom stereocenters. The molecule has 0 radical (unpaired) electrons. The quantitative estimate of drug-likeness (QED) is 0.382. The van der Waals surface area contributed by atoms with Gasteiger partial charge in [0.15, 0.2) is 0 Å². The summed E-state index contributed by atoms with van der Waals surface area (Å²) in [4.78, 5) is 71.2. The summed E-state index contributed by atoms with van der Waals surface area (Å²) < 4.78 is 1.83. The zero-order valence-corrected chi connectivity index (χ0v) is 30.2. The van der Waals surface area contributed by atoms with E-state index in [0.29, 0.717) is 41.7 Å². The van der Waals surface area contributed by atoms with Crippen LogP contribution in [0.2, 0.25) is 0 Å². The molecule has 4 aliphatic heterocycles. The average molecular weight is 745 g/mol. The number of piperidine rings is 3. The van der Waals surface area contributed by atoms with Gasteiger partial charge in [0.1, 0.15) is 10.5 Å². The zero-order valence-electron chi connectivity index (χ0n) is 28.6. The maximum Gasteiger partial charge on any atom is 0.282 e. The summed E-state index contributed by atoms with van der Waals surface area (Å²) in [5.41, 5.74) is 5.17. The summed E-state index contributed by atoms with van der Waals surface area (Å²) in [6.07, 6.45) is 4.88. The van der Waals surface area contributed by atoms with Crippen LogP contribution in [0.4, 0.5) is 5.69 Å². The minimum absolute atomic E-state index is 0.0378. The van der Waals surface area contributed by atoms with E-state index in [1.54, 1.807) is 18.1 Å². The number of hydrogen-bond donors (Lipinski definition) is 1. The SMILES string of the molecule is CN1C[C@@H](c2ccc(C(=O)N3CCC(c4ccc5c(c4)CN(C4CCC(=O)NC4=O)C5=O)CC3)cc2)C[C@@H](N(C)c2cnn(C)c(=O)c2Br)C1. The predicted molar refractivity (Wildman–Crippen MR) is 191 cm³/mol. The summed E-state index contributed by atoms with van der Waals surface area (Å²) in [5, 5.41) is 6.58. The third-order valence-electron chi connectivity index (χ3n) is 11.0. The topological polar surface area (TPSA) is 128 Å². The predicted octanol–water partition coefficient (Wildman–Crippen LogP) is 3.25. The first-order chi connectivity index (χ1) is 24.0. The first kappa shape index (κ1) is 34.1. The van der Waals surface area contributed by atoms with Crippen LogP contribution in [-0.2, 0) is 23.2 Å². The van der Waals surface area contributed by atoms with Gasteiger partial charge in [-0.1, -0.05) is 24.3 Å². The van der Waals surface area contributed by atoms with E-state index in [1.807, 2.05) is 36.2 Å². The molecule has 4 amide bonds. The number of carbonyl (C=O) groups is 4. The van der Waals surface area contributed by atoms with Crippen LogP contribution in [0.25, 0.3) is 0 Å². The van der Waals surface area contributed by atoms with Crippen LogP contribution in [0.1, 0.15) is 81.3 Å². The smallest absolute Gasteiger partial charge is 0.282 e. The van der Waals surface area contributed by atoms with Gasteiger partial charge in [-0.3, -0.25) is 29.3 Å². The van der Waals surface area contributed by atoms with Crippen LogP contribution in [0.3, 0.4) is 0 Å². The summed E-state index contributed by atoms with van der Waals surface area (Å²) >= 11 is 3.48. The highest BCUT2D eigenvalue weighted by Gasteiger charge is 2.39. The van der Waals surface area contributed by atoms with Crippen LogP contribution in [0.5, 0.6) is 0 Å². The largest absolute Gasteiger partial charge is 0.368 e. The second-order valence-corrected chi connectivity index (χ2v) is 15.0. The molecule has 13 heteroatoms. The molecule has 12 nitrogen and oxygen atoms in total. The molecule has 0 spiro atoms. The van der Waals surface area contributed by atoms with Crippen molar-refractivity contribution in [3.8, 4) is 0 Å². The molecule has 3 aromatic rings. The van der Waals surface area contributed by atoms with Crippen molar-refractivity contribution in [2.45, 2.75) is 62.6 Å². The maximum absolute atomic E-state index is 13.6. The molecule has 0 bridgehead atoms. The van der Waals surface area contributed by atoms with E-state index in [1.165, 1.54) is 10.2 Å². The highest BCUT2D eigenvalue weighted by atomic mass is 79.9. The lowest BCUT2D eigenvalue weighted by Crippen LogP contribution is -2.52. The van der Waals surface area contributed by atoms with Crippen molar-refractivity contribution >= 4 is 45.2 Å². The van der Waals surface area contributed by atoms with Crippen molar-refractivity contribution in [3.05, 3.63) is 91.3 Å². The highest BCUT2D eigenvalue weighted by molar-refractivity contribution is 9.10. The number of fused-ring (bicyclic) bond motifs is 1. The van der Waals surface area contributed by atoms with Gasteiger partial charge >= 0.3 is 0 Å². The Morgan fingerprint density at radius 1 is 0.940 bits per heavy atom. The second-order valence-electron chi connectivity index (χ2n) is 14.2. The standard InChI is InChI=1S/C37H42BrN7O5/c1-41-19-26(17-28(21-41)42(2)31-18-39-43(3)37(50)33(31)38)22-4-6-24(7-5-22)35(48)44-14-12-23(13-15-44)25-8-9-29-27(16-25)20-45(36(29)49)30-10-11-32(46)40-34(30)47/h4-9,16,18,23,26,28,30H,10-15,17,19-21H2,1-3H3,(H,40,46,47)/t26-,28+,30?/m0/s1. The number of likely N-dealkylation sites (N-methyl/N-ethyl adjacent to an activating group) is 2. The number of anilines is 1. The first-order valence-electron chi connectivity index (χ1n) is 17.3. The number of aromatic nitrogens is 2. The van der Waals surface area contributed by atoms with Crippen molar-refractivity contribution in [2.24, 2.45) is 7.05 Å². The Hall–Kier alpha value is -4.36. The molecule has 50 heavy (non-hydrogen) atoms. The summed E-state index contributed by atoms with van der Waals surface area (Å²) in [6, 6.07) is 13.6. The first-order valence-corrected chi connectivity index (χ1v) is 18.1. The number of aryl methyl sites for hydroxylation is 1. The minimum atomic E-state index is -0.625. The highest BCUT2D eigenvalue weighted by Crippen LogP contribution is 2.35. The van der Waals surface area contributed by atoms with Gasteiger partial charge in [-0.15, -0.1) is 0 Å². The zero-order chi connectivity index (χ0) is 35.3. The average Bonchev–Trinajstić information content (AvgIpc) is 3.44. The molecule has 2 aromatic carbocycles. The lowest BCUT2D eigenvalue weighted by molar-refractivity contribution is -0.136. The monoisotopic (exact) mass is 743 g/mol. The van der Waals surface area contributed by atoms with E-state index < -0.39 is 11.9 Å². The normalized spacial score (nSPS) is 23.2. The van der Waals surface area contributed by atoms with Gasteiger partial charge in [0.25, 0.3) is 17.4 Å². The molecule has 3 atom stereocenters. The number of imide groups is 1. The number of carbonyl (C=O) groups excluding carboxylic acids is 4. The van der Waals surface area contributed by atoms with Gasteiger partial charge in [-0.05, 0) is 95.4 Å². The molecule has 7 rings (SSSR count). The molecule has 4 aliphatic rings. The van der Waals surface area contributed by atoms with Crippen molar-refractivity contribution in [2.75, 3.05) is 45.2 Å². The van der Waals surface area contributed by atoms with Crippen LogP contribution in [0.15, 0.2) is 57.9 Å². The number of amides is 4. The van der Waals surface area contributed by atoms with Gasteiger partial charge in [-0.25, -0.2) is 4.68 Å². The molecular formula is C37H42BrN7O5. The molecule has 5 heterocycles. The van der Waals surface area contributed by atoms with Crippen LogP contribution in [0, 0.1) is 0 Å². The molecule has 1 N–H and O–H groups in total. The lowest BCUT2D eigenvalue weighted by Gasteiger charge is -2.41. The number of hydrogen-bond acceptors (Lipinski definition) is 8. The number of halogens is 1. The lowest BCUT2D eigenvalue weighted by atomic mass is 9.86.